The van der Waals surface area contributed by atoms with E-state index in [0.717, 1.165) is 0 Å². The molecule has 8 nitrogen and oxygen atoms in total. The van der Waals surface area contributed by atoms with E-state index in [0.29, 0.717) is 0 Å². The summed E-state index contributed by atoms with van der Waals surface area (Å²) < 4.78 is 5.32. The molecule has 1 unspecified atom stereocenters. The third-order valence-corrected chi connectivity index (χ3v) is 4.10. The number of nitrogens with two attached hydrogens (primary N) is 1. The number of Topliss-reactive ketones (excluding diaryl/α,β-unsaturated/α-hetero) is 1. The van der Waals surface area contributed by atoms with Crippen LogP contribution in [0.5, 0.6) is 0 Å². The minimum Gasteiger partial charge on any atom is -0.394 e. The predicted molar refractivity (Wildman–Crippen MR) is 89.1 cm³/mol. The van der Waals surface area contributed by atoms with Gasteiger partial charge in [0.1, 0.15) is 30.5 Å². The molecule has 1 aliphatic rings. The molecule has 136 valence electrons. The van der Waals surface area contributed by atoms with Gasteiger partial charge in [0.15, 0.2) is 10.6 Å². The molecular formula is C15H16Cl2N2O6. The summed E-state index contributed by atoms with van der Waals surface area (Å²) in [6.07, 6.45) is -3.58. The van der Waals surface area contributed by atoms with Crippen LogP contribution in [0.2, 0.25) is 0 Å². The van der Waals surface area contributed by atoms with Gasteiger partial charge < -0.3 is 30.8 Å². The van der Waals surface area contributed by atoms with E-state index in [4.69, 9.17) is 38.8 Å². The number of pyridine rings is 1. The average molecular weight is 391 g/mol. The predicted octanol–water partition coefficient (Wildman–Crippen LogP) is -1.42. The average Bonchev–Trinajstić information content (AvgIpc) is 2.88. The van der Waals surface area contributed by atoms with E-state index in [9.17, 15) is 19.8 Å². The summed E-state index contributed by atoms with van der Waals surface area (Å²) in [5, 5.41) is 28.9. The second-order valence-electron chi connectivity index (χ2n) is 5.38. The van der Waals surface area contributed by atoms with Crippen molar-refractivity contribution in [1.29, 1.82) is 0 Å². The number of aliphatic hydroxyl groups is 3. The lowest BCUT2D eigenvalue weighted by Gasteiger charge is -2.14. The van der Waals surface area contributed by atoms with Crippen molar-refractivity contribution in [2.75, 3.05) is 6.61 Å². The molecule has 0 spiro atoms. The molecule has 0 bridgehead atoms. The van der Waals surface area contributed by atoms with Gasteiger partial charge in [0.05, 0.1) is 6.61 Å². The highest BCUT2D eigenvalue weighted by atomic mass is 35.5. The molecule has 0 aliphatic carbocycles. The minimum atomic E-state index is -1.39. The number of ether oxygens (including phenoxy) is 1. The molecular weight excluding hydrogens is 375 g/mol. The number of aromatic nitrogens is 1. The summed E-state index contributed by atoms with van der Waals surface area (Å²) in [5.74, 6) is 4.38. The van der Waals surface area contributed by atoms with Crippen LogP contribution in [0, 0.1) is 11.8 Å². The number of rotatable bonds is 4. The van der Waals surface area contributed by atoms with Crippen LogP contribution in [-0.2, 0) is 9.53 Å². The van der Waals surface area contributed by atoms with Gasteiger partial charge in [0.25, 0.3) is 5.56 Å². The minimum absolute atomic E-state index is 0.0155. The smallest absolute Gasteiger partial charge is 0.253 e. The molecule has 25 heavy (non-hydrogen) atoms. The highest BCUT2D eigenvalue weighted by Crippen LogP contribution is 2.31. The third-order valence-electron chi connectivity index (χ3n) is 3.67. The first kappa shape index (κ1) is 19.9. The molecule has 0 amide bonds. The van der Waals surface area contributed by atoms with E-state index in [-0.39, 0.29) is 11.1 Å². The normalized spacial score (nSPS) is 27.0. The van der Waals surface area contributed by atoms with Crippen molar-refractivity contribution in [2.45, 2.75) is 35.3 Å². The zero-order valence-corrected chi connectivity index (χ0v) is 14.2. The van der Waals surface area contributed by atoms with Crippen molar-refractivity contribution in [2.24, 2.45) is 5.73 Å². The van der Waals surface area contributed by atoms with Crippen molar-refractivity contribution in [3.63, 3.8) is 0 Å². The first-order chi connectivity index (χ1) is 11.8. The number of aliphatic hydroxyl groups excluding tert-OH is 3. The van der Waals surface area contributed by atoms with E-state index in [1.165, 1.54) is 12.3 Å². The largest absolute Gasteiger partial charge is 0.394 e. The van der Waals surface area contributed by atoms with Gasteiger partial charge in [0.2, 0.25) is 0 Å². The van der Waals surface area contributed by atoms with Crippen LogP contribution in [0.25, 0.3) is 0 Å². The van der Waals surface area contributed by atoms with Crippen LogP contribution in [0.4, 0.5) is 0 Å². The number of H-pyrrole nitrogens is 1. The summed E-state index contributed by atoms with van der Waals surface area (Å²) in [6, 6.07) is 0.131. The highest BCUT2D eigenvalue weighted by Gasteiger charge is 2.44. The molecule has 0 saturated carbocycles. The Bertz CT molecular complexity index is 756. The molecule has 1 aromatic rings. The number of ketones is 1. The van der Waals surface area contributed by atoms with E-state index in [2.05, 4.69) is 16.8 Å². The third kappa shape index (κ3) is 4.40. The Morgan fingerprint density at radius 1 is 1.40 bits per heavy atom. The molecule has 10 heteroatoms. The molecule has 2 heterocycles. The van der Waals surface area contributed by atoms with Gasteiger partial charge >= 0.3 is 0 Å². The summed E-state index contributed by atoms with van der Waals surface area (Å²) in [5.41, 5.74) is 5.29. The summed E-state index contributed by atoms with van der Waals surface area (Å²) >= 11 is 10.9. The molecule has 0 radical (unpaired) electrons. The first-order valence-electron chi connectivity index (χ1n) is 7.20. The van der Waals surface area contributed by atoms with Crippen LogP contribution in [-0.4, -0.2) is 61.9 Å². The number of carbonyl (C=O) groups excluding carboxylic acids is 1. The fourth-order valence-electron chi connectivity index (χ4n) is 2.31. The van der Waals surface area contributed by atoms with Crippen molar-refractivity contribution in [3.8, 4) is 11.8 Å². The molecule has 0 aromatic carbocycles. The Morgan fingerprint density at radius 2 is 2.08 bits per heavy atom. The van der Waals surface area contributed by atoms with Gasteiger partial charge in [0, 0.05) is 17.3 Å². The fourth-order valence-corrected chi connectivity index (χ4v) is 2.58. The summed E-state index contributed by atoms with van der Waals surface area (Å²) in [4.78, 5) is 24.6. The van der Waals surface area contributed by atoms with Gasteiger partial charge in [-0.15, -0.1) is 0 Å². The quantitative estimate of drug-likeness (QED) is 0.313. The van der Waals surface area contributed by atoms with Crippen molar-refractivity contribution in [1.82, 2.24) is 4.98 Å². The van der Waals surface area contributed by atoms with Gasteiger partial charge in [-0.1, -0.05) is 35.0 Å². The van der Waals surface area contributed by atoms with Gasteiger partial charge in [-0.05, 0) is 6.07 Å². The maximum Gasteiger partial charge on any atom is 0.253 e. The number of hydrogen-bond donors (Lipinski definition) is 5. The maximum atomic E-state index is 12.0. The molecule has 6 N–H and O–H groups in total. The number of aromatic amines is 1. The van der Waals surface area contributed by atoms with Crippen LogP contribution in [0.15, 0.2) is 17.1 Å². The molecule has 1 aliphatic heterocycles. The van der Waals surface area contributed by atoms with Crippen LogP contribution in [0.1, 0.15) is 17.2 Å². The highest BCUT2D eigenvalue weighted by molar-refractivity contribution is 6.54. The maximum absolute atomic E-state index is 12.0. The molecule has 1 saturated heterocycles. The second kappa shape index (κ2) is 8.29. The molecule has 1 aromatic heterocycles. The lowest BCUT2D eigenvalue weighted by atomic mass is 10.0. The van der Waals surface area contributed by atoms with Gasteiger partial charge in [-0.25, -0.2) is 0 Å². The first-order valence-corrected chi connectivity index (χ1v) is 8.07. The molecule has 1 fully saturated rings. The molecule has 5 atom stereocenters. The fraction of sp³-hybridized carbons (Fsp3) is 0.467. The molecule has 2 rings (SSSR count). The summed E-state index contributed by atoms with van der Waals surface area (Å²) in [7, 11) is 0. The Kier molecular flexibility index (Phi) is 6.59. The van der Waals surface area contributed by atoms with Crippen molar-refractivity contribution in [3.05, 3.63) is 33.7 Å². The Hall–Kier alpha value is -1.44. The van der Waals surface area contributed by atoms with Crippen molar-refractivity contribution < 1.29 is 24.9 Å². The number of halogens is 2. The van der Waals surface area contributed by atoms with Crippen LogP contribution < -0.4 is 11.3 Å². The zero-order chi connectivity index (χ0) is 18.7. The number of hydrogen-bond acceptors (Lipinski definition) is 7. The summed E-state index contributed by atoms with van der Waals surface area (Å²) in [6.45, 7) is -0.513. The SMILES string of the molecule is NC(C#Cc1c[nH]c(=O)c([C@@H]2O[C@H](CO)[C@@H](O)[C@H]2O)c1)C(=O)C(Cl)Cl. The standard InChI is InChI=1S/C15H16Cl2N2O6/c16-14(17)10(21)8(18)2-1-6-3-7(15(24)19-4-6)13-12(23)11(22)9(5-20)25-13/h3-4,8-9,11-14,20,22-23H,5,18H2,(H,19,24)/t8?,9-,11-,12-,13+/m1/s1. The van der Waals surface area contributed by atoms with Crippen LogP contribution in [0.3, 0.4) is 0 Å². The lowest BCUT2D eigenvalue weighted by Crippen LogP contribution is -2.33. The lowest BCUT2D eigenvalue weighted by molar-refractivity contribution is -0.117. The van der Waals surface area contributed by atoms with E-state index < -0.39 is 53.2 Å². The van der Waals surface area contributed by atoms with E-state index in [1.807, 2.05) is 0 Å². The zero-order valence-electron chi connectivity index (χ0n) is 12.7. The second-order valence-corrected chi connectivity index (χ2v) is 6.48. The van der Waals surface area contributed by atoms with E-state index >= 15 is 0 Å². The van der Waals surface area contributed by atoms with E-state index in [1.54, 1.807) is 0 Å². The Morgan fingerprint density at radius 3 is 2.64 bits per heavy atom. The number of alkyl halides is 2. The van der Waals surface area contributed by atoms with Crippen LogP contribution >= 0.6 is 23.2 Å². The van der Waals surface area contributed by atoms with Gasteiger partial charge in [-0.3, -0.25) is 9.59 Å². The topological polar surface area (TPSA) is 146 Å². The Balaban J connectivity index is 2.28. The Labute approximate surface area is 152 Å². The number of carbonyl (C=O) groups is 1. The van der Waals surface area contributed by atoms with Crippen molar-refractivity contribution >= 4 is 29.0 Å². The number of nitrogens with one attached hydrogen (secondary N) is 1. The van der Waals surface area contributed by atoms with Gasteiger partial charge in [-0.2, -0.15) is 0 Å². The monoisotopic (exact) mass is 390 g/mol.